The molecule has 2 aromatic heterocycles. The Morgan fingerprint density at radius 3 is 2.38 bits per heavy atom. The number of hydrogen-bond acceptors (Lipinski definition) is 2. The molecule has 0 spiro atoms. The van der Waals surface area contributed by atoms with Gasteiger partial charge in [0.15, 0.2) is 0 Å². The lowest BCUT2D eigenvalue weighted by Gasteiger charge is -2.07. The highest BCUT2D eigenvalue weighted by Crippen LogP contribution is 2.08. The van der Waals surface area contributed by atoms with Crippen molar-refractivity contribution in [2.45, 2.75) is 33.9 Å². The largest absolute Gasteiger partial charge is 0.345 e. The SMILES string of the molecule is CCn1c(=O)c2cc(C)[nH]c2n(CC)c1=O. The van der Waals surface area contributed by atoms with Crippen molar-refractivity contribution >= 4 is 11.0 Å². The topological polar surface area (TPSA) is 59.8 Å². The van der Waals surface area contributed by atoms with Gasteiger partial charge in [0.1, 0.15) is 5.65 Å². The highest BCUT2D eigenvalue weighted by Gasteiger charge is 2.12. The molecule has 0 saturated heterocycles. The molecule has 0 aliphatic rings. The van der Waals surface area contributed by atoms with Crippen LogP contribution >= 0.6 is 0 Å². The zero-order valence-corrected chi connectivity index (χ0v) is 9.70. The van der Waals surface area contributed by atoms with Crippen molar-refractivity contribution in [1.29, 1.82) is 0 Å². The van der Waals surface area contributed by atoms with Gasteiger partial charge in [0.25, 0.3) is 5.56 Å². The van der Waals surface area contributed by atoms with E-state index < -0.39 is 0 Å². The Morgan fingerprint density at radius 2 is 1.81 bits per heavy atom. The number of aryl methyl sites for hydroxylation is 2. The number of aromatic nitrogens is 3. The smallest absolute Gasteiger partial charge is 0.332 e. The Morgan fingerprint density at radius 1 is 1.19 bits per heavy atom. The van der Waals surface area contributed by atoms with Crippen LogP contribution in [0.25, 0.3) is 11.0 Å². The quantitative estimate of drug-likeness (QED) is 0.816. The van der Waals surface area contributed by atoms with Crippen molar-refractivity contribution < 1.29 is 0 Å². The molecule has 86 valence electrons. The summed E-state index contributed by atoms with van der Waals surface area (Å²) in [5.74, 6) is 0. The first-order valence-corrected chi connectivity index (χ1v) is 5.43. The fraction of sp³-hybridized carbons (Fsp3) is 0.455. The Hall–Kier alpha value is -1.78. The van der Waals surface area contributed by atoms with Crippen LogP contribution in [0.4, 0.5) is 0 Å². The number of nitrogens with zero attached hydrogens (tertiary/aromatic N) is 2. The lowest BCUT2D eigenvalue weighted by atomic mass is 10.3. The van der Waals surface area contributed by atoms with Gasteiger partial charge in [-0.15, -0.1) is 0 Å². The fourth-order valence-corrected chi connectivity index (χ4v) is 2.00. The van der Waals surface area contributed by atoms with E-state index >= 15 is 0 Å². The third-order valence-corrected chi connectivity index (χ3v) is 2.77. The standard InChI is InChI=1S/C11H15N3O2/c1-4-13-9-8(6-7(3)12-9)10(15)14(5-2)11(13)16/h6,12H,4-5H2,1-3H3. The van der Waals surface area contributed by atoms with Crippen molar-refractivity contribution in [3.05, 3.63) is 32.6 Å². The van der Waals surface area contributed by atoms with Crippen LogP contribution in [-0.2, 0) is 13.1 Å². The summed E-state index contributed by atoms with van der Waals surface area (Å²) in [7, 11) is 0. The number of H-pyrrole nitrogens is 1. The van der Waals surface area contributed by atoms with Crippen LogP contribution in [0.1, 0.15) is 19.5 Å². The van der Waals surface area contributed by atoms with E-state index in [1.807, 2.05) is 13.8 Å². The highest BCUT2D eigenvalue weighted by molar-refractivity contribution is 5.75. The van der Waals surface area contributed by atoms with Crippen LogP contribution in [0.3, 0.4) is 0 Å². The summed E-state index contributed by atoms with van der Waals surface area (Å²) in [5.41, 5.74) is 1.06. The molecule has 16 heavy (non-hydrogen) atoms. The first-order chi connectivity index (χ1) is 7.60. The minimum absolute atomic E-state index is 0.212. The number of nitrogens with one attached hydrogen (secondary N) is 1. The van der Waals surface area contributed by atoms with Crippen LogP contribution in [0, 0.1) is 6.92 Å². The van der Waals surface area contributed by atoms with Crippen molar-refractivity contribution in [1.82, 2.24) is 14.1 Å². The monoisotopic (exact) mass is 221 g/mol. The van der Waals surface area contributed by atoms with Gasteiger partial charge in [-0.25, -0.2) is 4.79 Å². The predicted molar refractivity (Wildman–Crippen MR) is 62.9 cm³/mol. The summed E-state index contributed by atoms with van der Waals surface area (Å²) in [5, 5.41) is 0.584. The molecule has 1 N–H and O–H groups in total. The van der Waals surface area contributed by atoms with Crippen molar-refractivity contribution in [2.24, 2.45) is 0 Å². The molecule has 2 rings (SSSR count). The van der Waals surface area contributed by atoms with E-state index in [4.69, 9.17) is 0 Å². The third-order valence-electron chi connectivity index (χ3n) is 2.77. The van der Waals surface area contributed by atoms with E-state index in [9.17, 15) is 9.59 Å². The first kappa shape index (κ1) is 10.7. The third kappa shape index (κ3) is 1.31. The van der Waals surface area contributed by atoms with E-state index in [1.54, 1.807) is 17.6 Å². The molecule has 2 aromatic rings. The van der Waals surface area contributed by atoms with Crippen molar-refractivity contribution in [3.63, 3.8) is 0 Å². The van der Waals surface area contributed by atoms with E-state index in [2.05, 4.69) is 4.98 Å². The van der Waals surface area contributed by atoms with Gasteiger partial charge in [-0.1, -0.05) is 0 Å². The van der Waals surface area contributed by atoms with E-state index in [0.29, 0.717) is 24.1 Å². The zero-order chi connectivity index (χ0) is 11.9. The molecule has 0 bridgehead atoms. The van der Waals surface area contributed by atoms with Gasteiger partial charge in [-0.05, 0) is 26.8 Å². The maximum absolute atomic E-state index is 12.0. The first-order valence-electron chi connectivity index (χ1n) is 5.43. The lowest BCUT2D eigenvalue weighted by Crippen LogP contribution is -2.39. The van der Waals surface area contributed by atoms with E-state index in [-0.39, 0.29) is 11.2 Å². The fourth-order valence-electron chi connectivity index (χ4n) is 2.00. The molecule has 0 fully saturated rings. The van der Waals surface area contributed by atoms with Gasteiger partial charge in [-0.2, -0.15) is 0 Å². The minimum Gasteiger partial charge on any atom is -0.345 e. The Labute approximate surface area is 92.3 Å². The normalized spacial score (nSPS) is 11.2. The average molecular weight is 221 g/mol. The molecule has 0 atom stereocenters. The number of rotatable bonds is 2. The second-order valence-corrected chi connectivity index (χ2v) is 3.79. The van der Waals surface area contributed by atoms with Gasteiger partial charge in [0.05, 0.1) is 5.39 Å². The Balaban J connectivity index is 3.05. The maximum atomic E-state index is 12.0. The second-order valence-electron chi connectivity index (χ2n) is 3.79. The van der Waals surface area contributed by atoms with E-state index in [0.717, 1.165) is 5.69 Å². The van der Waals surface area contributed by atoms with Crippen LogP contribution in [0.5, 0.6) is 0 Å². The molecule has 0 saturated carbocycles. The van der Waals surface area contributed by atoms with Crippen LogP contribution < -0.4 is 11.2 Å². The van der Waals surface area contributed by atoms with E-state index in [1.165, 1.54) is 4.57 Å². The summed E-state index contributed by atoms with van der Waals surface area (Å²) >= 11 is 0. The molecule has 0 aliphatic carbocycles. The maximum Gasteiger partial charge on any atom is 0.332 e. The van der Waals surface area contributed by atoms with Crippen LogP contribution in [-0.4, -0.2) is 14.1 Å². The summed E-state index contributed by atoms with van der Waals surface area (Å²) in [6.45, 7) is 6.52. The van der Waals surface area contributed by atoms with Gasteiger partial charge >= 0.3 is 5.69 Å². The van der Waals surface area contributed by atoms with Crippen molar-refractivity contribution in [2.75, 3.05) is 0 Å². The molecule has 0 unspecified atom stereocenters. The summed E-state index contributed by atoms with van der Waals surface area (Å²) in [6.07, 6.45) is 0. The molecule has 5 heteroatoms. The molecule has 2 heterocycles. The molecule has 0 aliphatic heterocycles. The molecule has 0 radical (unpaired) electrons. The Kier molecular flexibility index (Phi) is 2.46. The average Bonchev–Trinajstić information content (AvgIpc) is 2.62. The second kappa shape index (κ2) is 3.66. The molecule has 0 amide bonds. The highest BCUT2D eigenvalue weighted by atomic mass is 16.2. The van der Waals surface area contributed by atoms with Gasteiger partial charge in [0, 0.05) is 18.8 Å². The number of aromatic amines is 1. The van der Waals surface area contributed by atoms with Crippen LogP contribution in [0.15, 0.2) is 15.7 Å². The predicted octanol–water partition coefficient (Wildman–Crippen LogP) is 0.840. The number of fused-ring (bicyclic) bond motifs is 1. The molecule has 0 aromatic carbocycles. The Bertz CT molecular complexity index is 646. The summed E-state index contributed by atoms with van der Waals surface area (Å²) in [4.78, 5) is 27.0. The van der Waals surface area contributed by atoms with Gasteiger partial charge < -0.3 is 4.98 Å². The summed E-state index contributed by atoms with van der Waals surface area (Å²) < 4.78 is 2.85. The molecular weight excluding hydrogens is 206 g/mol. The summed E-state index contributed by atoms with van der Waals surface area (Å²) in [6, 6.07) is 1.79. The van der Waals surface area contributed by atoms with Gasteiger partial charge in [0.2, 0.25) is 0 Å². The lowest BCUT2D eigenvalue weighted by molar-refractivity contribution is 0.606. The minimum atomic E-state index is -0.246. The van der Waals surface area contributed by atoms with Gasteiger partial charge in [-0.3, -0.25) is 13.9 Å². The molecule has 5 nitrogen and oxygen atoms in total. The zero-order valence-electron chi connectivity index (χ0n) is 9.70. The van der Waals surface area contributed by atoms with Crippen LogP contribution in [0.2, 0.25) is 0 Å². The number of hydrogen-bond donors (Lipinski definition) is 1. The molecular formula is C11H15N3O2. The van der Waals surface area contributed by atoms with Crippen molar-refractivity contribution in [3.8, 4) is 0 Å².